The molecular formula is C17H20ClN3. The van der Waals surface area contributed by atoms with Gasteiger partial charge < -0.3 is 5.32 Å². The molecule has 2 fully saturated rings. The monoisotopic (exact) mass is 301 g/mol. The molecule has 4 heteroatoms. The van der Waals surface area contributed by atoms with E-state index in [4.69, 9.17) is 11.6 Å². The zero-order chi connectivity index (χ0) is 14.3. The number of halogens is 1. The first-order chi connectivity index (χ1) is 10.2. The van der Waals surface area contributed by atoms with Crippen LogP contribution in [0.25, 0.3) is 10.9 Å². The molecule has 0 bridgehead atoms. The molecule has 0 aliphatic carbocycles. The van der Waals surface area contributed by atoms with Gasteiger partial charge in [-0.2, -0.15) is 0 Å². The summed E-state index contributed by atoms with van der Waals surface area (Å²) in [6.07, 6.45) is 4.50. The molecule has 21 heavy (non-hydrogen) atoms. The summed E-state index contributed by atoms with van der Waals surface area (Å²) in [6, 6.07) is 8.14. The number of pyridine rings is 1. The molecule has 1 aromatic heterocycles. The van der Waals surface area contributed by atoms with Crippen molar-refractivity contribution in [3.8, 4) is 0 Å². The highest BCUT2D eigenvalue weighted by Gasteiger charge is 2.40. The van der Waals surface area contributed by atoms with Gasteiger partial charge in [-0.3, -0.25) is 9.88 Å². The topological polar surface area (TPSA) is 28.2 Å². The van der Waals surface area contributed by atoms with Crippen LogP contribution in [0.1, 0.15) is 18.4 Å². The minimum Gasteiger partial charge on any atom is -0.316 e. The average Bonchev–Trinajstić information content (AvgIpc) is 3.09. The Morgan fingerprint density at radius 2 is 2.29 bits per heavy atom. The molecule has 1 spiro atoms. The molecular weight excluding hydrogens is 282 g/mol. The van der Waals surface area contributed by atoms with Crippen LogP contribution in [0.15, 0.2) is 30.5 Å². The number of nitrogens with one attached hydrogen (secondary N) is 1. The van der Waals surface area contributed by atoms with Crippen molar-refractivity contribution in [3.05, 3.63) is 41.0 Å². The van der Waals surface area contributed by atoms with E-state index in [-0.39, 0.29) is 0 Å². The largest absolute Gasteiger partial charge is 0.316 e. The second-order valence-electron chi connectivity index (χ2n) is 6.53. The lowest BCUT2D eigenvalue weighted by Gasteiger charge is -2.23. The van der Waals surface area contributed by atoms with Crippen molar-refractivity contribution in [1.82, 2.24) is 15.2 Å². The van der Waals surface area contributed by atoms with E-state index in [9.17, 15) is 0 Å². The Kier molecular flexibility index (Phi) is 3.37. The summed E-state index contributed by atoms with van der Waals surface area (Å²) in [5.41, 5.74) is 2.86. The van der Waals surface area contributed by atoms with Crippen LogP contribution in [0.5, 0.6) is 0 Å². The maximum atomic E-state index is 6.27. The van der Waals surface area contributed by atoms with Gasteiger partial charge in [-0.15, -0.1) is 0 Å². The highest BCUT2D eigenvalue weighted by molar-refractivity contribution is 6.31. The van der Waals surface area contributed by atoms with Gasteiger partial charge in [0, 0.05) is 36.2 Å². The van der Waals surface area contributed by atoms with E-state index in [1.165, 1.54) is 44.6 Å². The fourth-order valence-electron chi connectivity index (χ4n) is 3.90. The first-order valence-corrected chi connectivity index (χ1v) is 8.08. The summed E-state index contributed by atoms with van der Waals surface area (Å²) in [6.45, 7) is 5.69. The van der Waals surface area contributed by atoms with Crippen molar-refractivity contribution in [1.29, 1.82) is 0 Å². The predicted octanol–water partition coefficient (Wildman–Crippen LogP) is 3.07. The molecule has 2 saturated heterocycles. The summed E-state index contributed by atoms with van der Waals surface area (Å²) in [7, 11) is 0. The standard InChI is InChI=1S/C17H20ClN3/c18-15-8-13-2-1-5-20-16(13)14(9-15)10-21-7-4-17(12-21)3-6-19-11-17/h1-2,5,8-9,19H,3-4,6-7,10-12H2. The van der Waals surface area contributed by atoms with Crippen molar-refractivity contribution < 1.29 is 0 Å². The second-order valence-corrected chi connectivity index (χ2v) is 6.96. The van der Waals surface area contributed by atoms with Gasteiger partial charge in [0.1, 0.15) is 0 Å². The van der Waals surface area contributed by atoms with E-state index in [0.717, 1.165) is 22.5 Å². The third kappa shape index (κ3) is 2.54. The van der Waals surface area contributed by atoms with E-state index >= 15 is 0 Å². The zero-order valence-corrected chi connectivity index (χ0v) is 12.9. The Morgan fingerprint density at radius 3 is 3.14 bits per heavy atom. The minimum atomic E-state index is 0.516. The molecule has 1 unspecified atom stereocenters. The molecule has 1 N–H and O–H groups in total. The Balaban J connectivity index is 1.60. The van der Waals surface area contributed by atoms with E-state index in [1.54, 1.807) is 0 Å². The molecule has 0 saturated carbocycles. The van der Waals surface area contributed by atoms with Crippen molar-refractivity contribution in [3.63, 3.8) is 0 Å². The van der Waals surface area contributed by atoms with Gasteiger partial charge in [-0.1, -0.05) is 17.7 Å². The molecule has 2 aliphatic heterocycles. The molecule has 4 rings (SSSR count). The zero-order valence-electron chi connectivity index (χ0n) is 12.1. The number of rotatable bonds is 2. The third-order valence-electron chi connectivity index (χ3n) is 4.99. The second kappa shape index (κ2) is 5.24. The lowest BCUT2D eigenvalue weighted by Crippen LogP contribution is -2.29. The number of aromatic nitrogens is 1. The van der Waals surface area contributed by atoms with E-state index in [0.29, 0.717) is 5.41 Å². The van der Waals surface area contributed by atoms with Gasteiger partial charge >= 0.3 is 0 Å². The van der Waals surface area contributed by atoms with Crippen LogP contribution in [-0.4, -0.2) is 36.1 Å². The normalized spacial score (nSPS) is 26.1. The summed E-state index contributed by atoms with van der Waals surface area (Å²) < 4.78 is 0. The first-order valence-electron chi connectivity index (χ1n) is 7.70. The van der Waals surface area contributed by atoms with Crippen LogP contribution in [-0.2, 0) is 6.54 Å². The number of likely N-dealkylation sites (tertiary alicyclic amines) is 1. The highest BCUT2D eigenvalue weighted by Crippen LogP contribution is 2.37. The molecule has 1 aromatic carbocycles. The molecule has 2 aliphatic rings. The lowest BCUT2D eigenvalue weighted by molar-refractivity contribution is 0.269. The summed E-state index contributed by atoms with van der Waals surface area (Å²) in [5.74, 6) is 0. The average molecular weight is 302 g/mol. The number of nitrogens with zero attached hydrogens (tertiary/aromatic N) is 2. The van der Waals surface area contributed by atoms with E-state index in [2.05, 4.69) is 27.3 Å². The molecule has 0 amide bonds. The number of benzene rings is 1. The summed E-state index contributed by atoms with van der Waals surface area (Å²) in [4.78, 5) is 7.12. The first kappa shape index (κ1) is 13.5. The summed E-state index contributed by atoms with van der Waals surface area (Å²) >= 11 is 6.27. The third-order valence-corrected chi connectivity index (χ3v) is 5.21. The molecule has 3 nitrogen and oxygen atoms in total. The van der Waals surface area contributed by atoms with Crippen LogP contribution < -0.4 is 5.32 Å². The van der Waals surface area contributed by atoms with E-state index in [1.807, 2.05) is 18.3 Å². The lowest BCUT2D eigenvalue weighted by atomic mass is 9.86. The number of hydrogen-bond acceptors (Lipinski definition) is 3. The van der Waals surface area contributed by atoms with Gasteiger partial charge in [0.15, 0.2) is 0 Å². The van der Waals surface area contributed by atoms with Gasteiger partial charge in [0.05, 0.1) is 5.52 Å². The van der Waals surface area contributed by atoms with Crippen molar-refractivity contribution in [2.75, 3.05) is 26.2 Å². The quantitative estimate of drug-likeness (QED) is 0.924. The molecule has 110 valence electrons. The van der Waals surface area contributed by atoms with Crippen LogP contribution in [0.2, 0.25) is 5.02 Å². The van der Waals surface area contributed by atoms with Gasteiger partial charge in [-0.05, 0) is 55.1 Å². The van der Waals surface area contributed by atoms with Crippen LogP contribution in [0.4, 0.5) is 0 Å². The Labute approximate surface area is 130 Å². The minimum absolute atomic E-state index is 0.516. The molecule has 3 heterocycles. The van der Waals surface area contributed by atoms with Crippen LogP contribution in [0.3, 0.4) is 0 Å². The van der Waals surface area contributed by atoms with Gasteiger partial charge in [0.2, 0.25) is 0 Å². The van der Waals surface area contributed by atoms with Crippen LogP contribution in [0, 0.1) is 5.41 Å². The smallest absolute Gasteiger partial charge is 0.0747 e. The Morgan fingerprint density at radius 1 is 1.33 bits per heavy atom. The fourth-order valence-corrected chi connectivity index (χ4v) is 4.14. The Bertz CT molecular complexity index is 664. The maximum Gasteiger partial charge on any atom is 0.0747 e. The highest BCUT2D eigenvalue weighted by atomic mass is 35.5. The molecule has 1 atom stereocenters. The van der Waals surface area contributed by atoms with Gasteiger partial charge in [-0.25, -0.2) is 0 Å². The molecule has 0 radical (unpaired) electrons. The van der Waals surface area contributed by atoms with Crippen molar-refractivity contribution >= 4 is 22.5 Å². The van der Waals surface area contributed by atoms with Crippen molar-refractivity contribution in [2.24, 2.45) is 5.41 Å². The number of fused-ring (bicyclic) bond motifs is 1. The molecule has 2 aromatic rings. The van der Waals surface area contributed by atoms with E-state index < -0.39 is 0 Å². The SMILES string of the molecule is Clc1cc(CN2CCC3(CCNC3)C2)c2ncccc2c1. The predicted molar refractivity (Wildman–Crippen MR) is 86.6 cm³/mol. The maximum absolute atomic E-state index is 6.27. The fraction of sp³-hybridized carbons (Fsp3) is 0.471. The number of hydrogen-bond donors (Lipinski definition) is 1. The van der Waals surface area contributed by atoms with Gasteiger partial charge in [0.25, 0.3) is 0 Å². The van der Waals surface area contributed by atoms with Crippen LogP contribution >= 0.6 is 11.6 Å². The van der Waals surface area contributed by atoms with Crippen molar-refractivity contribution in [2.45, 2.75) is 19.4 Å². The summed E-state index contributed by atoms with van der Waals surface area (Å²) in [5, 5.41) is 5.46. The Hall–Kier alpha value is -1.16.